The molecule has 0 saturated heterocycles. The predicted octanol–water partition coefficient (Wildman–Crippen LogP) is 9.57. The number of quaternary nitrogens is 1. The van der Waals surface area contributed by atoms with Crippen LogP contribution in [0, 0.1) is 0 Å². The average Bonchev–Trinajstić information content (AvgIpc) is 3.14. The van der Waals surface area contributed by atoms with Gasteiger partial charge >= 0.3 is 11.9 Å². The highest BCUT2D eigenvalue weighted by atomic mass is 16.6. The first-order chi connectivity index (χ1) is 26.6. The quantitative estimate of drug-likeness (QED) is 0.0279. The number of carbonyl (C=O) groups is 3. The van der Waals surface area contributed by atoms with Crippen LogP contribution in [0.5, 0.6) is 0 Å². The van der Waals surface area contributed by atoms with Gasteiger partial charge in [-0.15, -0.1) is 0 Å². The lowest BCUT2D eigenvalue weighted by Gasteiger charge is -2.34. The molecule has 8 nitrogen and oxygen atoms in total. The lowest BCUT2D eigenvalue weighted by Crippen LogP contribution is -2.55. The van der Waals surface area contributed by atoms with E-state index in [1.807, 2.05) is 72.9 Å². The number of likely N-dealkylation sites (N-methyl/N-ethyl adjacent to an activating group) is 1. The fourth-order valence-corrected chi connectivity index (χ4v) is 5.17. The van der Waals surface area contributed by atoms with E-state index in [2.05, 4.69) is 50.3 Å². The maximum atomic E-state index is 12.7. The van der Waals surface area contributed by atoms with Gasteiger partial charge in [-0.05, 0) is 51.4 Å². The molecule has 0 amide bonds. The van der Waals surface area contributed by atoms with Gasteiger partial charge in [0.2, 0.25) is 0 Å². The molecule has 0 saturated carbocycles. The Labute approximate surface area is 334 Å². The van der Waals surface area contributed by atoms with Crippen LogP contribution in [-0.4, -0.2) is 75.5 Å². The van der Waals surface area contributed by atoms with E-state index in [0.29, 0.717) is 6.42 Å². The van der Waals surface area contributed by atoms with Crippen LogP contribution in [0.15, 0.2) is 109 Å². The van der Waals surface area contributed by atoms with Crippen molar-refractivity contribution in [1.29, 1.82) is 0 Å². The Hall–Kier alpha value is -4.01. The summed E-state index contributed by atoms with van der Waals surface area (Å²) < 4.78 is 17.0. The summed E-state index contributed by atoms with van der Waals surface area (Å²) in [5.41, 5.74) is 0. The number of esters is 2. The number of unbranched alkanes of at least 4 members (excludes halogenated alkanes) is 9. The van der Waals surface area contributed by atoms with Crippen molar-refractivity contribution in [1.82, 2.24) is 0 Å². The van der Waals surface area contributed by atoms with E-state index in [1.54, 1.807) is 21.1 Å². The van der Waals surface area contributed by atoms with Gasteiger partial charge in [0.15, 0.2) is 6.10 Å². The van der Waals surface area contributed by atoms with Gasteiger partial charge in [-0.25, -0.2) is 0 Å². The summed E-state index contributed by atoms with van der Waals surface area (Å²) in [6, 6.07) is -0.744. The molecule has 0 N–H and O–H groups in total. The number of hydrogen-bond donors (Lipinski definition) is 0. The van der Waals surface area contributed by atoms with Crippen LogP contribution in [0.4, 0.5) is 0 Å². The molecule has 0 radical (unpaired) electrons. The largest absolute Gasteiger partial charge is 0.544 e. The molecule has 0 aromatic heterocycles. The molecule has 0 spiro atoms. The smallest absolute Gasteiger partial charge is 0.306 e. The van der Waals surface area contributed by atoms with Crippen LogP contribution < -0.4 is 5.11 Å². The van der Waals surface area contributed by atoms with Crippen LogP contribution in [0.1, 0.15) is 117 Å². The molecule has 0 aliphatic rings. The summed E-state index contributed by atoms with van der Waals surface area (Å²) in [5.74, 6) is -1.84. The highest BCUT2D eigenvalue weighted by Crippen LogP contribution is 2.12. The molecular formula is C47H73NO7. The summed E-state index contributed by atoms with van der Waals surface area (Å²) in [6.45, 7) is 4.32. The normalized spacial score (nSPS) is 14.1. The van der Waals surface area contributed by atoms with Crippen molar-refractivity contribution in [3.63, 3.8) is 0 Å². The molecule has 0 aromatic carbocycles. The summed E-state index contributed by atoms with van der Waals surface area (Å²) in [5, 5.41) is 11.6. The molecule has 8 heteroatoms. The summed E-state index contributed by atoms with van der Waals surface area (Å²) >= 11 is 0. The van der Waals surface area contributed by atoms with Crippen molar-refractivity contribution in [3.05, 3.63) is 109 Å². The maximum Gasteiger partial charge on any atom is 0.306 e. The maximum absolute atomic E-state index is 12.7. The number of nitrogens with zero attached hydrogens (tertiary/aromatic N) is 1. The van der Waals surface area contributed by atoms with E-state index in [4.69, 9.17) is 14.2 Å². The zero-order valence-electron chi connectivity index (χ0n) is 34.8. The first-order valence-corrected chi connectivity index (χ1v) is 20.5. The second-order valence-electron chi connectivity index (χ2n) is 14.3. The Morgan fingerprint density at radius 3 is 1.53 bits per heavy atom. The molecule has 0 rings (SSSR count). The summed E-state index contributed by atoms with van der Waals surface area (Å²) in [7, 11) is 5.36. The van der Waals surface area contributed by atoms with E-state index in [-0.39, 0.29) is 55.5 Å². The van der Waals surface area contributed by atoms with E-state index in [9.17, 15) is 19.5 Å². The third kappa shape index (κ3) is 35.4. The van der Waals surface area contributed by atoms with Crippen LogP contribution in [-0.2, 0) is 28.6 Å². The lowest BCUT2D eigenvalue weighted by atomic mass is 10.1. The zero-order chi connectivity index (χ0) is 40.7. The molecular weight excluding hydrogens is 691 g/mol. The summed E-state index contributed by atoms with van der Waals surface area (Å²) in [4.78, 5) is 36.8. The van der Waals surface area contributed by atoms with Crippen molar-refractivity contribution < 1.29 is 38.2 Å². The molecule has 0 heterocycles. The van der Waals surface area contributed by atoms with Gasteiger partial charge in [0.1, 0.15) is 12.6 Å². The highest BCUT2D eigenvalue weighted by molar-refractivity contribution is 5.70. The number of aliphatic carboxylic acids is 1. The number of rotatable bonds is 34. The molecule has 2 unspecified atom stereocenters. The lowest BCUT2D eigenvalue weighted by molar-refractivity contribution is -0.889. The molecule has 0 aromatic rings. The van der Waals surface area contributed by atoms with E-state index in [0.717, 1.165) is 70.6 Å². The van der Waals surface area contributed by atoms with E-state index < -0.39 is 18.1 Å². The number of ether oxygens (including phenoxy) is 3. The summed E-state index contributed by atoms with van der Waals surface area (Å²) in [6.07, 6.45) is 49.7. The van der Waals surface area contributed by atoms with Crippen molar-refractivity contribution in [3.8, 4) is 0 Å². The Bertz CT molecular complexity index is 1260. The fraction of sp³-hybridized carbons (Fsp3) is 0.553. The zero-order valence-corrected chi connectivity index (χ0v) is 34.8. The number of carbonyl (C=O) groups excluding carboxylic acids is 3. The van der Waals surface area contributed by atoms with Crippen LogP contribution in [0.25, 0.3) is 0 Å². The molecule has 0 aliphatic carbocycles. The van der Waals surface area contributed by atoms with Gasteiger partial charge in [-0.2, -0.15) is 0 Å². The Balaban J connectivity index is 4.54. The first-order valence-electron chi connectivity index (χ1n) is 20.5. The highest BCUT2D eigenvalue weighted by Gasteiger charge is 2.25. The molecule has 0 aliphatic heterocycles. The van der Waals surface area contributed by atoms with Gasteiger partial charge < -0.3 is 28.6 Å². The Morgan fingerprint density at radius 2 is 1.02 bits per heavy atom. The van der Waals surface area contributed by atoms with Crippen molar-refractivity contribution in [2.24, 2.45) is 0 Å². The fourth-order valence-electron chi connectivity index (χ4n) is 5.17. The monoisotopic (exact) mass is 764 g/mol. The minimum atomic E-state index is -1.14. The molecule has 308 valence electrons. The third-order valence-corrected chi connectivity index (χ3v) is 8.35. The SMILES string of the molecule is CC/C=C/C=C/C=C/C=C/CCCCCC(=O)OCC(COCCC(C(=O)[O-])[N+](C)(C)C)OC(=O)CCCCCCC/C=C/C=C/C=C/C=C/C=C/CCC. The van der Waals surface area contributed by atoms with Crippen molar-refractivity contribution in [2.75, 3.05) is 41.0 Å². The Kier molecular flexibility index (Phi) is 34.2. The third-order valence-electron chi connectivity index (χ3n) is 8.35. The second kappa shape index (κ2) is 36.9. The minimum absolute atomic E-state index is 0.00864. The number of carboxylic acid groups (broad SMARTS) is 1. The van der Waals surface area contributed by atoms with Crippen LogP contribution >= 0.6 is 0 Å². The minimum Gasteiger partial charge on any atom is -0.544 e. The van der Waals surface area contributed by atoms with Gasteiger partial charge in [0.25, 0.3) is 0 Å². The van der Waals surface area contributed by atoms with Crippen molar-refractivity contribution in [2.45, 2.75) is 129 Å². The Morgan fingerprint density at radius 1 is 0.564 bits per heavy atom. The van der Waals surface area contributed by atoms with E-state index in [1.165, 1.54) is 6.42 Å². The van der Waals surface area contributed by atoms with Crippen molar-refractivity contribution >= 4 is 17.9 Å². The molecule has 0 bridgehead atoms. The number of allylic oxidation sites excluding steroid dienone is 18. The average molecular weight is 764 g/mol. The van der Waals surface area contributed by atoms with Gasteiger partial charge in [-0.3, -0.25) is 9.59 Å². The molecule has 2 atom stereocenters. The first kappa shape index (κ1) is 51.0. The number of carboxylic acids is 1. The predicted molar refractivity (Wildman–Crippen MR) is 226 cm³/mol. The molecule has 55 heavy (non-hydrogen) atoms. The standard InChI is InChI=1S/C47H73NO7/c1-6-8-10-12-14-16-18-20-21-22-23-24-26-28-30-32-34-36-38-46(50)55-43(41-53-40-39-44(47(51)52)48(3,4)5)42-54-45(49)37-35-33-31-29-27-25-19-17-15-13-11-9-7-2/h9-25,27,43-44H,6-8,26,28-42H2,1-5H3/b11-9+,12-10+,15-13+,16-14+,19-17+,20-18+,22-21+,24-23+,27-25+. The topological polar surface area (TPSA) is 102 Å². The van der Waals surface area contributed by atoms with Gasteiger partial charge in [0.05, 0.1) is 40.3 Å². The molecule has 0 fully saturated rings. The second-order valence-corrected chi connectivity index (χ2v) is 14.3. The van der Waals surface area contributed by atoms with Gasteiger partial charge in [0, 0.05) is 19.3 Å². The van der Waals surface area contributed by atoms with E-state index >= 15 is 0 Å². The van der Waals surface area contributed by atoms with Crippen LogP contribution in [0.2, 0.25) is 0 Å². The van der Waals surface area contributed by atoms with Crippen LogP contribution in [0.3, 0.4) is 0 Å². The number of hydrogen-bond acceptors (Lipinski definition) is 7. The van der Waals surface area contributed by atoms with Gasteiger partial charge in [-0.1, -0.05) is 155 Å².